The monoisotopic (exact) mass is 428 g/mol. The van der Waals surface area contributed by atoms with Crippen LogP contribution < -0.4 is 5.32 Å². The van der Waals surface area contributed by atoms with E-state index < -0.39 is 6.10 Å². The van der Waals surface area contributed by atoms with Gasteiger partial charge in [0, 0.05) is 51.0 Å². The summed E-state index contributed by atoms with van der Waals surface area (Å²) >= 11 is 0. The van der Waals surface area contributed by atoms with Crippen LogP contribution in [0.5, 0.6) is 0 Å². The lowest BCUT2D eigenvalue weighted by Crippen LogP contribution is -2.50. The first kappa shape index (κ1) is 22.2. The van der Waals surface area contributed by atoms with Crippen LogP contribution in [0.2, 0.25) is 0 Å². The summed E-state index contributed by atoms with van der Waals surface area (Å²) < 4.78 is 13.3. The summed E-state index contributed by atoms with van der Waals surface area (Å²) in [5.74, 6) is 0.395. The van der Waals surface area contributed by atoms with Crippen molar-refractivity contribution in [3.8, 4) is 0 Å². The second kappa shape index (κ2) is 9.67. The normalized spacial score (nSPS) is 20.4. The van der Waals surface area contributed by atoms with E-state index in [2.05, 4.69) is 49.0 Å². The molecule has 0 spiro atoms. The number of fused-ring (bicyclic) bond motifs is 1. The van der Waals surface area contributed by atoms with Crippen LogP contribution in [0.3, 0.4) is 0 Å². The average molecular weight is 429 g/mol. The molecule has 0 aromatic carbocycles. The lowest BCUT2D eigenvalue weighted by Gasteiger charge is -2.34. The summed E-state index contributed by atoms with van der Waals surface area (Å²) in [6.07, 6.45) is 4.82. The van der Waals surface area contributed by atoms with Crippen molar-refractivity contribution in [2.24, 2.45) is 0 Å². The number of carbonyl (C=O) groups excluding carboxylic acids is 1. The van der Waals surface area contributed by atoms with Crippen LogP contribution in [-0.2, 0) is 20.8 Å². The van der Waals surface area contributed by atoms with Gasteiger partial charge in [-0.1, -0.05) is 13.8 Å². The van der Waals surface area contributed by atoms with Gasteiger partial charge in [-0.05, 0) is 44.2 Å². The summed E-state index contributed by atoms with van der Waals surface area (Å²) in [6, 6.07) is 4.56. The van der Waals surface area contributed by atoms with Crippen LogP contribution in [0.1, 0.15) is 63.4 Å². The number of nitrogens with zero attached hydrogens (tertiary/aromatic N) is 3. The molecule has 2 aromatic rings. The SMILES string of the molecule is COCCCn1ccc2c(C(C)C)nc([C@@H](C)N(C(=O)[C@H]3CNCCO3)C3CC3)cc21. The Balaban J connectivity index is 1.67. The highest BCUT2D eigenvalue weighted by Gasteiger charge is 2.40. The Kier molecular flexibility index (Phi) is 6.94. The summed E-state index contributed by atoms with van der Waals surface area (Å²) in [6.45, 7) is 10.1. The van der Waals surface area contributed by atoms with Crippen molar-refractivity contribution in [3.05, 3.63) is 29.7 Å². The highest BCUT2D eigenvalue weighted by atomic mass is 16.5. The van der Waals surface area contributed by atoms with Gasteiger partial charge in [-0.25, -0.2) is 0 Å². The maximum absolute atomic E-state index is 13.4. The largest absolute Gasteiger partial charge is 0.385 e. The molecule has 2 aromatic heterocycles. The summed E-state index contributed by atoms with van der Waals surface area (Å²) in [4.78, 5) is 20.5. The first-order chi connectivity index (χ1) is 15.0. The van der Waals surface area contributed by atoms with Crippen LogP contribution in [0.4, 0.5) is 0 Å². The van der Waals surface area contributed by atoms with Gasteiger partial charge >= 0.3 is 0 Å². The van der Waals surface area contributed by atoms with Crippen LogP contribution in [0, 0.1) is 0 Å². The second-order valence-corrected chi connectivity index (χ2v) is 9.09. The van der Waals surface area contributed by atoms with E-state index in [0.29, 0.717) is 25.1 Å². The molecule has 0 unspecified atom stereocenters. The quantitative estimate of drug-likeness (QED) is 0.621. The summed E-state index contributed by atoms with van der Waals surface area (Å²) in [5, 5.41) is 4.48. The van der Waals surface area contributed by atoms with Gasteiger partial charge in [0.1, 0.15) is 6.10 Å². The van der Waals surface area contributed by atoms with Gasteiger partial charge in [-0.15, -0.1) is 0 Å². The Labute approximate surface area is 185 Å². The topological polar surface area (TPSA) is 68.6 Å². The fourth-order valence-corrected chi connectivity index (χ4v) is 4.53. The number of hydrogen-bond donors (Lipinski definition) is 1. The zero-order valence-electron chi connectivity index (χ0n) is 19.3. The van der Waals surface area contributed by atoms with Crippen molar-refractivity contribution in [1.29, 1.82) is 0 Å². The molecular formula is C24H36N4O3. The van der Waals surface area contributed by atoms with Gasteiger partial charge in [0.05, 0.1) is 29.6 Å². The van der Waals surface area contributed by atoms with E-state index in [-0.39, 0.29) is 11.9 Å². The molecule has 1 N–H and O–H groups in total. The average Bonchev–Trinajstić information content (AvgIpc) is 3.53. The van der Waals surface area contributed by atoms with E-state index in [4.69, 9.17) is 14.5 Å². The second-order valence-electron chi connectivity index (χ2n) is 9.09. The first-order valence-corrected chi connectivity index (χ1v) is 11.6. The van der Waals surface area contributed by atoms with Gasteiger partial charge in [0.25, 0.3) is 5.91 Å². The number of aromatic nitrogens is 2. The maximum atomic E-state index is 13.4. The Bertz CT molecular complexity index is 900. The molecule has 4 rings (SSSR count). The fourth-order valence-electron chi connectivity index (χ4n) is 4.53. The molecule has 2 atom stereocenters. The van der Waals surface area contributed by atoms with E-state index in [9.17, 15) is 4.79 Å². The predicted octanol–water partition coefficient (Wildman–Crippen LogP) is 3.24. The molecule has 3 heterocycles. The maximum Gasteiger partial charge on any atom is 0.253 e. The van der Waals surface area contributed by atoms with Gasteiger partial charge in [0.15, 0.2) is 0 Å². The third-order valence-electron chi connectivity index (χ3n) is 6.35. The number of amides is 1. The molecule has 1 amide bonds. The summed E-state index contributed by atoms with van der Waals surface area (Å²) in [7, 11) is 1.74. The number of ether oxygens (including phenoxy) is 2. The van der Waals surface area contributed by atoms with Crippen molar-refractivity contribution >= 4 is 16.8 Å². The van der Waals surface area contributed by atoms with Gasteiger partial charge in [-0.2, -0.15) is 0 Å². The highest BCUT2D eigenvalue weighted by molar-refractivity contribution is 5.84. The molecule has 170 valence electrons. The molecular weight excluding hydrogens is 392 g/mol. The molecule has 31 heavy (non-hydrogen) atoms. The van der Waals surface area contributed by atoms with Gasteiger partial charge in [0.2, 0.25) is 0 Å². The van der Waals surface area contributed by atoms with E-state index in [0.717, 1.165) is 50.3 Å². The lowest BCUT2D eigenvalue weighted by atomic mass is 10.0. The number of methoxy groups -OCH3 is 1. The van der Waals surface area contributed by atoms with E-state index >= 15 is 0 Å². The Morgan fingerprint density at radius 3 is 2.84 bits per heavy atom. The molecule has 1 aliphatic carbocycles. The number of aryl methyl sites for hydroxylation is 1. The van der Waals surface area contributed by atoms with Crippen molar-refractivity contribution in [2.75, 3.05) is 33.4 Å². The van der Waals surface area contributed by atoms with Crippen molar-refractivity contribution < 1.29 is 14.3 Å². The summed E-state index contributed by atoms with van der Waals surface area (Å²) in [5.41, 5.74) is 3.26. The van der Waals surface area contributed by atoms with Crippen LogP contribution in [0.25, 0.3) is 10.9 Å². The molecule has 7 heteroatoms. The third-order valence-corrected chi connectivity index (χ3v) is 6.35. The van der Waals surface area contributed by atoms with E-state index in [1.165, 1.54) is 10.9 Å². The number of hydrogen-bond acceptors (Lipinski definition) is 5. The molecule has 1 saturated carbocycles. The Morgan fingerprint density at radius 1 is 1.39 bits per heavy atom. The fraction of sp³-hybridized carbons (Fsp3) is 0.667. The van der Waals surface area contributed by atoms with Crippen LogP contribution in [-0.4, -0.2) is 65.9 Å². The minimum Gasteiger partial charge on any atom is -0.385 e. The van der Waals surface area contributed by atoms with Crippen molar-refractivity contribution in [1.82, 2.24) is 19.8 Å². The zero-order chi connectivity index (χ0) is 22.0. The number of rotatable bonds is 9. The first-order valence-electron chi connectivity index (χ1n) is 11.6. The van der Waals surface area contributed by atoms with Gasteiger partial charge in [-0.3, -0.25) is 9.78 Å². The Morgan fingerprint density at radius 2 is 2.19 bits per heavy atom. The van der Waals surface area contributed by atoms with Crippen LogP contribution >= 0.6 is 0 Å². The van der Waals surface area contributed by atoms with E-state index in [1.54, 1.807) is 7.11 Å². The number of nitrogens with one attached hydrogen (secondary N) is 1. The van der Waals surface area contributed by atoms with E-state index in [1.807, 2.05) is 4.90 Å². The molecule has 0 radical (unpaired) electrons. The minimum absolute atomic E-state index is 0.0882. The number of morpholine rings is 1. The molecule has 1 aliphatic heterocycles. The standard InChI is InChI=1S/C24H36N4O3/c1-16(2)23-19-8-11-27(10-5-12-30-4)21(19)14-20(26-23)17(3)28(18-6-7-18)24(29)22-15-25-9-13-31-22/h8,11,14,16-18,22,25H,5-7,9-10,12-13,15H2,1-4H3/t17-,22-/m1/s1. The van der Waals surface area contributed by atoms with Crippen LogP contribution in [0.15, 0.2) is 18.3 Å². The highest BCUT2D eigenvalue weighted by Crippen LogP contribution is 2.36. The molecule has 2 fully saturated rings. The number of pyridine rings is 1. The van der Waals surface area contributed by atoms with Crippen molar-refractivity contribution in [2.45, 2.75) is 70.7 Å². The predicted molar refractivity (Wildman–Crippen MR) is 121 cm³/mol. The molecule has 1 saturated heterocycles. The molecule has 0 bridgehead atoms. The Hall–Kier alpha value is -1.96. The molecule has 7 nitrogen and oxygen atoms in total. The van der Waals surface area contributed by atoms with Gasteiger partial charge < -0.3 is 24.3 Å². The smallest absolute Gasteiger partial charge is 0.253 e. The minimum atomic E-state index is -0.400. The third kappa shape index (κ3) is 4.78. The zero-order valence-corrected chi connectivity index (χ0v) is 19.3. The molecule has 2 aliphatic rings. The number of carbonyl (C=O) groups is 1. The lowest BCUT2D eigenvalue weighted by molar-refractivity contribution is -0.148. The van der Waals surface area contributed by atoms with Crippen molar-refractivity contribution in [3.63, 3.8) is 0 Å².